The molecule has 0 radical (unpaired) electrons. The van der Waals surface area contributed by atoms with Crippen LogP contribution < -0.4 is 0 Å². The van der Waals surface area contributed by atoms with Crippen LogP contribution in [0.3, 0.4) is 0 Å². The molecule has 125 heavy (non-hydrogen) atoms. The highest BCUT2D eigenvalue weighted by Crippen LogP contribution is 2.31. The first kappa shape index (κ1) is 123. The molecule has 8 aliphatic rings. The zero-order valence-corrected chi connectivity index (χ0v) is 88.8. The number of rotatable bonds is 15. The van der Waals surface area contributed by atoms with Crippen LogP contribution in [0.25, 0.3) is 0 Å². The maximum absolute atomic E-state index is 13.8. The zero-order chi connectivity index (χ0) is 98.5. The van der Waals surface area contributed by atoms with Crippen LogP contribution in [0.5, 0.6) is 0 Å². The summed E-state index contributed by atoms with van der Waals surface area (Å²) in [6.45, 7) is 65.2. The van der Waals surface area contributed by atoms with E-state index in [-0.39, 0.29) is 117 Å². The summed E-state index contributed by atoms with van der Waals surface area (Å²) >= 11 is 0. The second-order valence-electron chi connectivity index (χ2n) is 44.7. The number of hydroxylamine groups is 3. The molecule has 8 heterocycles. The second-order valence-corrected chi connectivity index (χ2v) is 44.7. The number of carbonyl (C=O) groups is 7. The van der Waals surface area contributed by atoms with Gasteiger partial charge in [0.15, 0.2) is 0 Å². The third-order valence-electron chi connectivity index (χ3n) is 27.1. The number of hydrogen-bond donors (Lipinski definition) is 2. The number of quaternary nitrogens is 1. The minimum absolute atomic E-state index is 0.00687. The highest BCUT2D eigenvalue weighted by Gasteiger charge is 2.43. The van der Waals surface area contributed by atoms with E-state index in [2.05, 4.69) is 178 Å². The number of nitrogens with zero attached hydrogens (tertiary/aromatic N) is 17. The Morgan fingerprint density at radius 3 is 0.912 bits per heavy atom. The molecule has 0 aromatic rings. The average Bonchev–Trinajstić information content (AvgIpc) is 1.38. The van der Waals surface area contributed by atoms with Crippen molar-refractivity contribution in [3.8, 4) is 0 Å². The third-order valence-corrected chi connectivity index (χ3v) is 27.1. The van der Waals surface area contributed by atoms with Gasteiger partial charge >= 0.3 is 0 Å². The first-order valence-electron chi connectivity index (χ1n) is 46.9. The lowest BCUT2D eigenvalue weighted by Gasteiger charge is -2.43. The van der Waals surface area contributed by atoms with Gasteiger partial charge in [-0.1, -0.05) is 0 Å². The first-order valence-corrected chi connectivity index (χ1v) is 46.9. The number of halogens is 2. The minimum Gasteiger partial charge on any atom is -0.633 e. The molecule has 8 fully saturated rings. The summed E-state index contributed by atoms with van der Waals surface area (Å²) in [5.41, 5.74) is -3.46. The summed E-state index contributed by atoms with van der Waals surface area (Å²) in [4.78, 5) is 115. The number of likely N-dealkylation sites (N-methyl/N-ethyl adjacent to an activating group) is 10. The van der Waals surface area contributed by atoms with Crippen molar-refractivity contribution < 1.29 is 57.2 Å². The molecule has 7 amide bonds. The molecule has 740 valence electrons. The summed E-state index contributed by atoms with van der Waals surface area (Å²) in [5, 5.41) is 28.5. The molecule has 0 aromatic heterocycles. The minimum atomic E-state index is -1.37. The quantitative estimate of drug-likeness (QED) is 0.115. The molecule has 8 saturated heterocycles. The smallest absolute Gasteiger partial charge is 0.242 e. The van der Waals surface area contributed by atoms with E-state index in [0.29, 0.717) is 61.9 Å². The van der Waals surface area contributed by atoms with Crippen molar-refractivity contribution in [2.24, 2.45) is 11.8 Å². The van der Waals surface area contributed by atoms with Crippen LogP contribution in [0.15, 0.2) is 0 Å². The lowest BCUT2D eigenvalue weighted by Crippen LogP contribution is -2.57. The van der Waals surface area contributed by atoms with Gasteiger partial charge in [-0.25, -0.2) is 8.78 Å². The molecule has 0 spiro atoms. The van der Waals surface area contributed by atoms with Gasteiger partial charge in [-0.05, 0) is 360 Å². The van der Waals surface area contributed by atoms with E-state index in [9.17, 15) is 47.5 Å². The number of amides is 7. The van der Waals surface area contributed by atoms with Crippen molar-refractivity contribution >= 4 is 41.4 Å². The SMILES string of the molecule is CC(C)(C)N1CCC[C@@](F)(CO)C1.CC(C)N(C)C(=O)[C@@H]1CCCN1C.CC(C)N(C)C(=O)[C@@H]1CCN(C)C1.CC(C)N(C)C(=O)[C@H]1CCN(C)C1.CC(C)N1CCC[C@](F)(CO)C1.CC(C)[N+](C)(C)[O-].CN(C(=O)C(C)(C)N(C)C)C(C)(C)C.CN1CCC[C@@H]1C(=O)N(C)C(C)(C)C.CN1CC[C@@H]1C(=O)N(C)C(C)(C)C.CN1CC[C@H]1C(=O)N(C)C(C)(C)C. The van der Waals surface area contributed by atoms with E-state index >= 15 is 0 Å². The Labute approximate surface area is 764 Å². The fourth-order valence-electron chi connectivity index (χ4n) is 14.0. The third kappa shape index (κ3) is 42.4. The van der Waals surface area contributed by atoms with E-state index in [4.69, 9.17) is 10.2 Å². The highest BCUT2D eigenvalue weighted by molar-refractivity contribution is 5.86. The Morgan fingerprint density at radius 2 is 0.688 bits per heavy atom. The van der Waals surface area contributed by atoms with E-state index in [1.807, 2.05) is 188 Å². The van der Waals surface area contributed by atoms with Crippen molar-refractivity contribution in [2.75, 3.05) is 212 Å². The molecule has 0 bridgehead atoms. The van der Waals surface area contributed by atoms with Crippen LogP contribution in [0.2, 0.25) is 0 Å². The molecule has 8 atom stereocenters. The highest BCUT2D eigenvalue weighted by atomic mass is 19.1. The Kier molecular flexibility index (Phi) is 52.4. The van der Waals surface area contributed by atoms with Crippen LogP contribution >= 0.6 is 0 Å². The standard InChI is InChI=1S/C11H22N2O.C11H24N2O.C10H20FNO.5C10H20N2O.C9H18FNO.C5H13NO/c1-11(2,3)13(5)10(14)9-7-6-8-12(9)4;1-10(2,3)13(8)9(14)11(4,5)12(6)7;1-9(2,3)12-6-4-5-10(11,7-12)8-13;2*1-10(2,3)12(5)9(13)8-6-7-11(8)4;2*1-8(2)12(4)10(13)9-5-6-11(3)7-9;1-8(2)12(4)10(13)9-6-5-7-11(9)3;1-8(2)11-5-3-4-9(10,6-11)7-12;1-5(2)6(3,4)7/h9H,6-8H2,1-5H3;1-8H3;13H,4-8H2,1-3H3;2*8H,6-7H2,1-5H3;3*8-9H,5-7H2,1-4H3;8,12H,3-7H2,1-2H3;5H,1-4H3/t9-;;10-;2*8-;4*9-;/m1.0101001./s1. The average molecular weight is 1790 g/mol. The number of piperidine rings is 2. The maximum atomic E-state index is 13.8. The summed E-state index contributed by atoms with van der Waals surface area (Å²) in [6.07, 6.45) is 11.1. The van der Waals surface area contributed by atoms with Gasteiger partial charge in [0.2, 0.25) is 41.4 Å². The van der Waals surface area contributed by atoms with E-state index in [1.165, 1.54) is 0 Å². The van der Waals surface area contributed by atoms with E-state index in [1.54, 1.807) is 19.0 Å². The van der Waals surface area contributed by atoms with Gasteiger partial charge < -0.3 is 64.2 Å². The van der Waals surface area contributed by atoms with Gasteiger partial charge in [-0.3, -0.25) is 67.9 Å². The number of alkyl halides is 2. The molecule has 0 aliphatic carbocycles. The number of carbonyl (C=O) groups excluding carboxylic acids is 7. The molecular weight excluding hydrogens is 1590 g/mol. The molecular formula is C96H197F2N17O10. The van der Waals surface area contributed by atoms with E-state index < -0.39 is 16.9 Å². The largest absolute Gasteiger partial charge is 0.633 e. The van der Waals surface area contributed by atoms with Gasteiger partial charge in [-0.15, -0.1) is 0 Å². The van der Waals surface area contributed by atoms with Crippen LogP contribution in [0, 0.1) is 17.0 Å². The van der Waals surface area contributed by atoms with Crippen molar-refractivity contribution in [3.05, 3.63) is 5.21 Å². The maximum Gasteiger partial charge on any atom is 0.242 e. The molecule has 0 saturated carbocycles. The summed E-state index contributed by atoms with van der Waals surface area (Å²) in [5.74, 6) is 2.26. The Balaban J connectivity index is 0. The summed E-state index contributed by atoms with van der Waals surface area (Å²) in [6, 6.07) is 2.00. The molecule has 27 nitrogen and oxygen atoms in total. The van der Waals surface area contributed by atoms with Gasteiger partial charge in [0.1, 0.15) is 11.3 Å². The molecule has 0 unspecified atom stereocenters. The second kappa shape index (κ2) is 53.4. The van der Waals surface area contributed by atoms with Crippen molar-refractivity contribution in [1.82, 2.24) is 78.4 Å². The Morgan fingerprint density at radius 1 is 0.400 bits per heavy atom. The van der Waals surface area contributed by atoms with Gasteiger partial charge in [0.05, 0.1) is 74.9 Å². The molecule has 8 rings (SSSR count). The molecule has 2 N–H and O–H groups in total. The van der Waals surface area contributed by atoms with Crippen LogP contribution in [-0.4, -0.2) is 445 Å². The Bertz CT molecular complexity index is 3030. The van der Waals surface area contributed by atoms with Crippen molar-refractivity contribution in [2.45, 2.75) is 363 Å². The predicted molar refractivity (Wildman–Crippen MR) is 515 cm³/mol. The molecule has 29 heteroatoms. The Hall–Kier alpha value is -4.37. The van der Waals surface area contributed by atoms with Crippen LogP contribution in [0.1, 0.15) is 264 Å². The zero-order valence-electron chi connectivity index (χ0n) is 88.8. The van der Waals surface area contributed by atoms with Gasteiger partial charge in [0.25, 0.3) is 0 Å². The molecule has 0 aromatic carbocycles. The van der Waals surface area contributed by atoms with E-state index in [0.717, 1.165) is 130 Å². The number of hydrogen-bond acceptors (Lipinski definition) is 19. The number of aliphatic hydroxyl groups excluding tert-OH is 2. The fraction of sp³-hybridized carbons (Fsp3) is 0.927. The lowest BCUT2D eigenvalue weighted by molar-refractivity contribution is -0.862. The number of aliphatic hydroxyl groups is 2. The van der Waals surface area contributed by atoms with Gasteiger partial charge in [0, 0.05) is 140 Å². The summed E-state index contributed by atoms with van der Waals surface area (Å²) in [7, 11) is 32.5. The lowest BCUT2D eigenvalue weighted by atomic mass is 9.92. The van der Waals surface area contributed by atoms with Crippen LogP contribution in [0.4, 0.5) is 8.78 Å². The van der Waals surface area contributed by atoms with Crippen molar-refractivity contribution in [3.63, 3.8) is 0 Å². The van der Waals surface area contributed by atoms with Crippen molar-refractivity contribution in [1.29, 1.82) is 0 Å². The normalized spacial score (nSPS) is 23.8. The fourth-order valence-corrected chi connectivity index (χ4v) is 14.0. The predicted octanol–water partition coefficient (Wildman–Crippen LogP) is 11.1. The first-order chi connectivity index (χ1) is 56.5. The van der Waals surface area contributed by atoms with Crippen LogP contribution in [-0.2, 0) is 33.6 Å². The topological polar surface area (TPSA) is 235 Å². The van der Waals surface area contributed by atoms with Gasteiger partial charge in [-0.2, -0.15) is 0 Å². The summed E-state index contributed by atoms with van der Waals surface area (Å²) < 4.78 is 27.2. The number of likely N-dealkylation sites (tertiary alicyclic amines) is 8. The molecule has 8 aliphatic heterocycles. The monoisotopic (exact) mass is 1790 g/mol.